The first-order valence-electron chi connectivity index (χ1n) is 44.5. The highest BCUT2D eigenvalue weighted by Crippen LogP contribution is 2.32. The van der Waals surface area contributed by atoms with Gasteiger partial charge in [0, 0.05) is 156 Å². The first-order chi connectivity index (χ1) is 50.2. The van der Waals surface area contributed by atoms with Crippen molar-refractivity contribution >= 4 is 0 Å². The van der Waals surface area contributed by atoms with Gasteiger partial charge in [0.2, 0.25) is 0 Å². The van der Waals surface area contributed by atoms with Crippen LogP contribution in [-0.2, 0) is 19.0 Å². The molecule has 0 unspecified atom stereocenters. The Balaban J connectivity index is 0.000000187. The number of halogens is 1. The highest BCUT2D eigenvalue weighted by molar-refractivity contribution is 4.95. The number of hydroxylamine groups is 2. The number of morpholine rings is 3. The highest BCUT2D eigenvalue weighted by Gasteiger charge is 2.41. The van der Waals surface area contributed by atoms with E-state index in [1.807, 2.05) is 19.0 Å². The van der Waals surface area contributed by atoms with Crippen molar-refractivity contribution in [3.8, 4) is 0 Å². The number of nitrogens with zero attached hydrogens (tertiary/aromatic N) is 13. The number of likely N-dealkylation sites (tertiary alicyclic amines) is 10. The minimum absolute atomic E-state index is 0.241. The third kappa shape index (κ3) is 34.0. The first kappa shape index (κ1) is 93.1. The molecule has 13 heterocycles. The van der Waals surface area contributed by atoms with Gasteiger partial charge in [-0.2, -0.15) is 5.06 Å². The van der Waals surface area contributed by atoms with Crippen LogP contribution in [0.5, 0.6) is 0 Å². The van der Waals surface area contributed by atoms with E-state index in [1.165, 1.54) is 246 Å². The maximum Gasteiger partial charge on any atom is 0.102 e. The van der Waals surface area contributed by atoms with Crippen LogP contribution in [0.4, 0.5) is 4.39 Å². The Hall–Kier alpha value is -0.790. The maximum absolute atomic E-state index is 11.6. The van der Waals surface area contributed by atoms with E-state index in [0.717, 1.165) is 118 Å². The van der Waals surface area contributed by atoms with Crippen LogP contribution in [0.15, 0.2) is 0 Å². The molecule has 1 N–H and O–H groups in total. The van der Waals surface area contributed by atoms with Gasteiger partial charge in [0.25, 0.3) is 0 Å². The molecule has 14 fully saturated rings. The van der Waals surface area contributed by atoms with Crippen LogP contribution in [0.2, 0.25) is 0 Å². The van der Waals surface area contributed by atoms with Crippen molar-refractivity contribution in [2.75, 3.05) is 192 Å². The van der Waals surface area contributed by atoms with Crippen molar-refractivity contribution in [3.63, 3.8) is 0 Å². The topological polar surface area (TPSA) is 91.1 Å². The standard InChI is InChI=1S/C12H24N2O.3C12H24N2.C11H22N2.2C8H15NO.C6H14FN.C5H13NO/c1-11(2)13-5-3-12(4-6-13)14-7-9-15-10-8-14;1-11(2)13-9-5-12(6-10-13)14-7-3-4-8-14;2*1-11(2)14-9-5-6-12(14)10-13-7-3-4-8-13;1-9(2)13-7-5-11(6-8-13)12-10-3-4-10;2*1-6(2)9-4-8-3-7(9)5-10-8;1-6(2)8(3)5-4-7;1-5(2)6(3)7-4/h11-12H,3-10H2,1-2H3;3*11-12H,3-10H2,1-2H3;9-12H,3-8H2,1-2H3;2*6-8H,3-5H2,1-2H3;6H,4-5H2,1-3H3;5H,1-4H3/t;;2*12-;;2*7-,8-;;/m..10.10../s1. The zero-order valence-electron chi connectivity index (χ0n) is 72.8. The minimum atomic E-state index is -0.241. The molecule has 0 aromatic heterocycles. The van der Waals surface area contributed by atoms with Crippen LogP contribution in [0.25, 0.3) is 0 Å². The number of piperidine rings is 3. The number of ether oxygens (including phenoxy) is 3. The Morgan fingerprint density at radius 2 is 0.752 bits per heavy atom. The Morgan fingerprint density at radius 1 is 0.390 bits per heavy atom. The molecule has 13 saturated heterocycles. The average Bonchev–Trinajstić information content (AvgIpc) is 1.67. The van der Waals surface area contributed by atoms with E-state index in [2.05, 4.69) is 184 Å². The van der Waals surface area contributed by atoms with Crippen molar-refractivity contribution in [2.24, 2.45) is 0 Å². The summed E-state index contributed by atoms with van der Waals surface area (Å²) in [7, 11) is 5.49. The lowest BCUT2D eigenvalue weighted by molar-refractivity contribution is -0.131. The number of rotatable bonds is 20. The molecule has 13 aliphatic heterocycles. The van der Waals surface area contributed by atoms with E-state index in [-0.39, 0.29) is 6.67 Å². The fourth-order valence-electron chi connectivity index (χ4n) is 18.5. The molecule has 18 nitrogen and oxygen atoms in total. The van der Waals surface area contributed by atoms with Gasteiger partial charge in [-0.15, -0.1) is 0 Å². The predicted molar refractivity (Wildman–Crippen MR) is 443 cm³/mol. The van der Waals surface area contributed by atoms with Gasteiger partial charge < -0.3 is 58.7 Å². The fraction of sp³-hybridized carbons (Fsp3) is 1.00. The Morgan fingerprint density at radius 3 is 1.03 bits per heavy atom. The molecule has 0 aromatic carbocycles. The molecule has 14 rings (SSSR count). The molecule has 4 bridgehead atoms. The summed E-state index contributed by atoms with van der Waals surface area (Å²) < 4.78 is 27.9. The van der Waals surface area contributed by atoms with Gasteiger partial charge >= 0.3 is 0 Å². The zero-order valence-corrected chi connectivity index (χ0v) is 72.8. The molecule has 0 radical (unpaired) electrons. The highest BCUT2D eigenvalue weighted by atomic mass is 19.1. The lowest BCUT2D eigenvalue weighted by atomic mass is 10.0. The van der Waals surface area contributed by atoms with Crippen LogP contribution in [-0.4, -0.2) is 371 Å². The molecule has 6 atom stereocenters. The predicted octanol–water partition coefficient (Wildman–Crippen LogP) is 12.6. The zero-order chi connectivity index (χ0) is 76.5. The molecule has 19 heteroatoms. The molecular formula is C86H175FN14O4. The summed E-state index contributed by atoms with van der Waals surface area (Å²) in [6.45, 7) is 70.5. The van der Waals surface area contributed by atoms with Crippen molar-refractivity contribution < 1.29 is 23.4 Å². The minimum Gasteiger partial charge on any atom is -0.379 e. The van der Waals surface area contributed by atoms with Crippen molar-refractivity contribution in [3.05, 3.63) is 0 Å². The number of fused-ring (bicyclic) bond motifs is 4. The monoisotopic (exact) mass is 1490 g/mol. The van der Waals surface area contributed by atoms with Gasteiger partial charge in [-0.25, -0.2) is 4.39 Å². The van der Waals surface area contributed by atoms with Crippen LogP contribution in [0, 0.1) is 0 Å². The summed E-state index contributed by atoms with van der Waals surface area (Å²) in [5, 5.41) is 5.52. The number of hydrogen-bond acceptors (Lipinski definition) is 18. The van der Waals surface area contributed by atoms with E-state index >= 15 is 0 Å². The second-order valence-corrected chi connectivity index (χ2v) is 36.6. The Bertz CT molecular complexity index is 2070. The van der Waals surface area contributed by atoms with Gasteiger partial charge in [0.15, 0.2) is 0 Å². The molecular weight excluding hydrogens is 1310 g/mol. The molecule has 0 aromatic rings. The molecule has 105 heavy (non-hydrogen) atoms. The molecule has 1 saturated carbocycles. The Labute approximate surface area is 649 Å². The maximum atomic E-state index is 11.6. The van der Waals surface area contributed by atoms with Crippen molar-refractivity contribution in [1.82, 2.24) is 69.2 Å². The summed E-state index contributed by atoms with van der Waals surface area (Å²) in [6.07, 6.45) is 29.0. The van der Waals surface area contributed by atoms with Crippen molar-refractivity contribution in [2.45, 2.75) is 368 Å². The average molecular weight is 1490 g/mol. The molecule has 1 aliphatic carbocycles. The molecule has 14 aliphatic rings. The normalized spacial score (nSPS) is 28.3. The largest absolute Gasteiger partial charge is 0.379 e. The lowest BCUT2D eigenvalue weighted by Crippen LogP contribution is -2.50. The molecule has 0 spiro atoms. The quantitative estimate of drug-likeness (QED) is 0.117. The van der Waals surface area contributed by atoms with E-state index in [9.17, 15) is 4.39 Å². The smallest absolute Gasteiger partial charge is 0.102 e. The summed E-state index contributed by atoms with van der Waals surface area (Å²) in [5.74, 6) is 0. The van der Waals surface area contributed by atoms with Crippen LogP contribution < -0.4 is 5.32 Å². The second kappa shape index (κ2) is 50.4. The van der Waals surface area contributed by atoms with Crippen LogP contribution in [0.3, 0.4) is 0 Å². The number of nitrogens with one attached hydrogen (secondary N) is 1. The van der Waals surface area contributed by atoms with Gasteiger partial charge in [0.05, 0.1) is 45.7 Å². The summed E-state index contributed by atoms with van der Waals surface area (Å²) in [5.41, 5.74) is 0. The third-order valence-electron chi connectivity index (χ3n) is 26.0. The van der Waals surface area contributed by atoms with E-state index in [1.54, 1.807) is 12.2 Å². The van der Waals surface area contributed by atoms with Gasteiger partial charge in [-0.1, -0.05) is 0 Å². The Kier molecular flexibility index (Phi) is 44.7. The molecule has 0 amide bonds. The summed E-state index contributed by atoms with van der Waals surface area (Å²) in [4.78, 5) is 35.8. The van der Waals surface area contributed by atoms with E-state index < -0.39 is 0 Å². The second-order valence-electron chi connectivity index (χ2n) is 36.6. The van der Waals surface area contributed by atoms with Gasteiger partial charge in [-0.05, 0) is 352 Å². The van der Waals surface area contributed by atoms with Gasteiger partial charge in [-0.3, -0.25) is 24.5 Å². The van der Waals surface area contributed by atoms with Gasteiger partial charge in [0.1, 0.15) is 6.67 Å². The van der Waals surface area contributed by atoms with E-state index in [0.29, 0.717) is 42.9 Å². The SMILES string of the molecule is CC(C)N(C)CCF.CC(C)N1CCC(N2CCCC2)CC1.CC(C)N1CCC(N2CCOCC2)CC1.CC(C)N1CCC(NC2CC2)CC1.CC(C)N1CCC[C@@H]1CN1CCCC1.CC(C)N1CCC[C@H]1CN1CCCC1.CC(C)N1C[C@@H]2C[C@H]1CO2.CC(C)N1C[C@H]2C[C@@H]1CO2.CON(C)C(C)C. The summed E-state index contributed by atoms with van der Waals surface area (Å²) >= 11 is 0. The molecule has 620 valence electrons. The van der Waals surface area contributed by atoms with Crippen LogP contribution >= 0.6 is 0 Å². The number of hydrogen-bond donors (Lipinski definition) is 1. The summed E-state index contributed by atoms with van der Waals surface area (Å²) in [6, 6.07) is 12.7. The van der Waals surface area contributed by atoms with E-state index in [4.69, 9.17) is 19.0 Å². The lowest BCUT2D eigenvalue weighted by Gasteiger charge is -2.41. The fourth-order valence-corrected chi connectivity index (χ4v) is 18.5. The van der Waals surface area contributed by atoms with Crippen LogP contribution in [0.1, 0.15) is 253 Å². The van der Waals surface area contributed by atoms with Crippen molar-refractivity contribution in [1.29, 1.82) is 0 Å². The first-order valence-corrected chi connectivity index (χ1v) is 44.5. The number of alkyl halides is 1. The third-order valence-corrected chi connectivity index (χ3v) is 26.0.